The Labute approximate surface area is 145 Å². The third kappa shape index (κ3) is 2.83. The monoisotopic (exact) mass is 343 g/mol. The number of nitrogens with zero attached hydrogens (tertiary/aromatic N) is 2. The van der Waals surface area contributed by atoms with Crippen LogP contribution in [-0.2, 0) is 10.3 Å². The van der Waals surface area contributed by atoms with Crippen LogP contribution in [0, 0.1) is 6.92 Å². The summed E-state index contributed by atoms with van der Waals surface area (Å²) in [5, 5.41) is 7.16. The number of hydrogen-bond donors (Lipinski definition) is 1. The van der Waals surface area contributed by atoms with E-state index in [0.717, 1.165) is 30.6 Å². The molecule has 0 spiro atoms. The summed E-state index contributed by atoms with van der Waals surface area (Å²) < 4.78 is 16.2. The highest BCUT2D eigenvalue weighted by molar-refractivity contribution is 5.84. The molecule has 1 aromatic heterocycles. The number of benzene rings is 1. The predicted octanol–water partition coefficient (Wildman–Crippen LogP) is 2.45. The molecule has 2 heterocycles. The number of nitrogens with one attached hydrogen (secondary N) is 1. The van der Waals surface area contributed by atoms with Crippen molar-refractivity contribution in [1.29, 1.82) is 0 Å². The quantitative estimate of drug-likeness (QED) is 0.918. The van der Waals surface area contributed by atoms with Gasteiger partial charge < -0.3 is 19.3 Å². The predicted molar refractivity (Wildman–Crippen MR) is 88.6 cm³/mol. The first-order valence-electron chi connectivity index (χ1n) is 8.60. The zero-order chi connectivity index (χ0) is 17.4. The Kier molecular flexibility index (Phi) is 3.86. The summed E-state index contributed by atoms with van der Waals surface area (Å²) in [5.74, 6) is 2.12. The molecule has 1 aliphatic carbocycles. The molecule has 1 N–H and O–H groups in total. The van der Waals surface area contributed by atoms with Crippen LogP contribution in [0.15, 0.2) is 22.7 Å². The summed E-state index contributed by atoms with van der Waals surface area (Å²) in [6.45, 7) is 4.71. The molecule has 7 heteroatoms. The van der Waals surface area contributed by atoms with Crippen LogP contribution in [0.25, 0.3) is 0 Å². The third-order valence-electron chi connectivity index (χ3n) is 4.98. The highest BCUT2D eigenvalue weighted by Gasteiger charge is 2.44. The molecule has 0 radical (unpaired) electrons. The van der Waals surface area contributed by atoms with Crippen molar-refractivity contribution < 1.29 is 18.8 Å². The van der Waals surface area contributed by atoms with Gasteiger partial charge in [-0.3, -0.25) is 4.79 Å². The van der Waals surface area contributed by atoms with Crippen molar-refractivity contribution in [2.75, 3.05) is 13.2 Å². The summed E-state index contributed by atoms with van der Waals surface area (Å²) >= 11 is 0. The van der Waals surface area contributed by atoms with Crippen LogP contribution in [0.5, 0.6) is 11.5 Å². The lowest BCUT2D eigenvalue weighted by Crippen LogP contribution is -2.52. The number of carbonyl (C=O) groups is 1. The van der Waals surface area contributed by atoms with Gasteiger partial charge in [-0.15, -0.1) is 0 Å². The van der Waals surface area contributed by atoms with Crippen LogP contribution in [-0.4, -0.2) is 29.3 Å². The molecule has 132 valence electrons. The van der Waals surface area contributed by atoms with Crippen molar-refractivity contribution in [2.24, 2.45) is 0 Å². The molecule has 1 atom stereocenters. The molecular formula is C18H21N3O4. The average molecular weight is 343 g/mol. The van der Waals surface area contributed by atoms with E-state index in [-0.39, 0.29) is 11.8 Å². The normalized spacial score (nSPS) is 19.0. The van der Waals surface area contributed by atoms with Gasteiger partial charge in [-0.1, -0.05) is 11.2 Å². The lowest BCUT2D eigenvalue weighted by molar-refractivity contribution is -0.125. The minimum Gasteiger partial charge on any atom is -0.486 e. The summed E-state index contributed by atoms with van der Waals surface area (Å²) in [6.07, 6.45) is 2.68. The molecule has 7 nitrogen and oxygen atoms in total. The van der Waals surface area contributed by atoms with Gasteiger partial charge in [0, 0.05) is 6.92 Å². The average Bonchev–Trinajstić information content (AvgIpc) is 3.03. The Morgan fingerprint density at radius 1 is 1.24 bits per heavy atom. The Morgan fingerprint density at radius 2 is 2.00 bits per heavy atom. The second-order valence-corrected chi connectivity index (χ2v) is 6.69. The molecule has 2 aromatic rings. The van der Waals surface area contributed by atoms with Crippen molar-refractivity contribution in [3.05, 3.63) is 35.5 Å². The molecule has 1 unspecified atom stereocenters. The number of fused-ring (bicyclic) bond motifs is 1. The molecule has 1 aliphatic heterocycles. The van der Waals surface area contributed by atoms with Gasteiger partial charge in [0.15, 0.2) is 17.3 Å². The maximum Gasteiger partial charge on any atom is 0.228 e. The lowest BCUT2D eigenvalue weighted by Gasteiger charge is -2.40. The minimum atomic E-state index is -0.503. The lowest BCUT2D eigenvalue weighted by atomic mass is 9.75. The van der Waals surface area contributed by atoms with Crippen LogP contribution in [0.4, 0.5) is 0 Å². The fraction of sp³-hybridized carbons (Fsp3) is 0.500. The zero-order valence-corrected chi connectivity index (χ0v) is 14.4. The molecule has 1 saturated carbocycles. The van der Waals surface area contributed by atoms with Gasteiger partial charge in [-0.25, -0.2) is 0 Å². The van der Waals surface area contributed by atoms with Crippen LogP contribution in [0.1, 0.15) is 49.4 Å². The first kappa shape index (κ1) is 15.9. The highest BCUT2D eigenvalue weighted by Crippen LogP contribution is 2.40. The van der Waals surface area contributed by atoms with Crippen molar-refractivity contribution in [3.63, 3.8) is 0 Å². The van der Waals surface area contributed by atoms with E-state index in [1.54, 1.807) is 6.92 Å². The first-order valence-corrected chi connectivity index (χ1v) is 8.60. The number of rotatable bonds is 4. The van der Waals surface area contributed by atoms with Crippen molar-refractivity contribution in [3.8, 4) is 11.5 Å². The maximum atomic E-state index is 12.8. The van der Waals surface area contributed by atoms with Crippen LogP contribution in [0.3, 0.4) is 0 Å². The molecule has 0 bridgehead atoms. The molecule has 1 aromatic carbocycles. The van der Waals surface area contributed by atoms with Gasteiger partial charge in [0.25, 0.3) is 0 Å². The number of aryl methyl sites for hydroxylation is 1. The van der Waals surface area contributed by atoms with E-state index >= 15 is 0 Å². The third-order valence-corrected chi connectivity index (χ3v) is 4.98. The van der Waals surface area contributed by atoms with E-state index in [2.05, 4.69) is 15.5 Å². The van der Waals surface area contributed by atoms with Crippen molar-refractivity contribution in [1.82, 2.24) is 15.5 Å². The minimum absolute atomic E-state index is 0.0566. The fourth-order valence-electron chi connectivity index (χ4n) is 3.25. The topological polar surface area (TPSA) is 86.5 Å². The van der Waals surface area contributed by atoms with Crippen LogP contribution in [0.2, 0.25) is 0 Å². The molecular weight excluding hydrogens is 322 g/mol. The number of aromatic nitrogens is 2. The van der Waals surface area contributed by atoms with Crippen molar-refractivity contribution in [2.45, 2.75) is 44.6 Å². The van der Waals surface area contributed by atoms with Crippen LogP contribution < -0.4 is 14.8 Å². The van der Waals surface area contributed by atoms with Crippen molar-refractivity contribution >= 4 is 5.91 Å². The smallest absolute Gasteiger partial charge is 0.228 e. The van der Waals surface area contributed by atoms with E-state index in [1.807, 2.05) is 25.1 Å². The van der Waals surface area contributed by atoms with E-state index in [1.165, 1.54) is 0 Å². The molecule has 25 heavy (non-hydrogen) atoms. The summed E-state index contributed by atoms with van der Waals surface area (Å²) in [6, 6.07) is 5.64. The van der Waals surface area contributed by atoms with E-state index < -0.39 is 5.54 Å². The number of amides is 1. The standard InChI is InChI=1S/C18H21N3O4/c1-11(13-4-5-14-15(10-13)24-9-8-23-14)16(22)20-18(6-3-7-18)17-19-12(2)25-21-17/h4-5,10-11H,3,6-9H2,1-2H3,(H,20,22). The zero-order valence-electron chi connectivity index (χ0n) is 14.4. The number of hydrogen-bond acceptors (Lipinski definition) is 6. The number of ether oxygens (including phenoxy) is 2. The van der Waals surface area contributed by atoms with Gasteiger partial charge in [-0.2, -0.15) is 4.98 Å². The second kappa shape index (κ2) is 6.06. The van der Waals surface area contributed by atoms with E-state index in [9.17, 15) is 4.79 Å². The second-order valence-electron chi connectivity index (χ2n) is 6.69. The molecule has 0 saturated heterocycles. The molecule has 2 aliphatic rings. The fourth-order valence-corrected chi connectivity index (χ4v) is 3.25. The van der Waals surface area contributed by atoms with Gasteiger partial charge in [0.2, 0.25) is 11.8 Å². The van der Waals surface area contributed by atoms with Gasteiger partial charge >= 0.3 is 0 Å². The van der Waals surface area contributed by atoms with Gasteiger partial charge in [0.1, 0.15) is 18.8 Å². The van der Waals surface area contributed by atoms with E-state index in [0.29, 0.717) is 30.7 Å². The number of carbonyl (C=O) groups excluding carboxylic acids is 1. The molecule has 4 rings (SSSR count). The van der Waals surface area contributed by atoms with E-state index in [4.69, 9.17) is 14.0 Å². The summed E-state index contributed by atoms with van der Waals surface area (Å²) in [5.41, 5.74) is 0.386. The van der Waals surface area contributed by atoms with Crippen LogP contribution >= 0.6 is 0 Å². The summed E-state index contributed by atoms with van der Waals surface area (Å²) in [4.78, 5) is 17.1. The highest BCUT2D eigenvalue weighted by atomic mass is 16.6. The Morgan fingerprint density at radius 3 is 2.64 bits per heavy atom. The Hall–Kier alpha value is -2.57. The first-order chi connectivity index (χ1) is 12.1. The Balaban J connectivity index is 1.52. The Bertz CT molecular complexity index is 797. The van der Waals surface area contributed by atoms with Gasteiger partial charge in [0.05, 0.1) is 5.92 Å². The molecule has 1 fully saturated rings. The summed E-state index contributed by atoms with van der Waals surface area (Å²) in [7, 11) is 0. The molecule has 1 amide bonds. The largest absolute Gasteiger partial charge is 0.486 e. The maximum absolute atomic E-state index is 12.8. The van der Waals surface area contributed by atoms with Gasteiger partial charge in [-0.05, 0) is 43.9 Å². The SMILES string of the molecule is Cc1nc(C2(NC(=O)C(C)c3ccc4c(c3)OCCO4)CCC2)no1.